The Bertz CT molecular complexity index is 1460. The van der Waals surface area contributed by atoms with Crippen LogP contribution in [0, 0.1) is 0 Å². The minimum atomic E-state index is -1.61. The van der Waals surface area contributed by atoms with Crippen molar-refractivity contribution in [2.75, 3.05) is 26.2 Å². The number of hydrogen-bond acceptors (Lipinski definition) is 8. The highest BCUT2D eigenvalue weighted by atomic mass is 32.1. The Labute approximate surface area is 218 Å². The molecule has 2 saturated heterocycles. The maximum atomic E-state index is 14.0. The van der Waals surface area contributed by atoms with E-state index in [1.165, 1.54) is 7.11 Å². The van der Waals surface area contributed by atoms with Gasteiger partial charge in [-0.3, -0.25) is 9.69 Å². The summed E-state index contributed by atoms with van der Waals surface area (Å²) in [6.07, 6.45) is -1.98. The number of ether oxygens (including phenoxy) is 6. The lowest BCUT2D eigenvalue weighted by atomic mass is 9.76. The SMILES string of the molecule is COc1ccc(N2C(=S)C3OC2(OC)c2ccccc2C32OC3(OC)OC2C(=O)c2ccccc23)cc1. The predicted molar refractivity (Wildman–Crippen MR) is 135 cm³/mol. The average Bonchev–Trinajstić information content (AvgIpc) is 3.42. The lowest BCUT2D eigenvalue weighted by Crippen LogP contribution is -2.56. The second-order valence-corrected chi connectivity index (χ2v) is 9.68. The fourth-order valence-electron chi connectivity index (χ4n) is 6.10. The van der Waals surface area contributed by atoms with Gasteiger partial charge in [-0.15, -0.1) is 0 Å². The van der Waals surface area contributed by atoms with Gasteiger partial charge in [0.1, 0.15) is 10.7 Å². The Hall–Kier alpha value is -3.18. The first kappa shape index (κ1) is 23.0. The lowest BCUT2D eigenvalue weighted by molar-refractivity contribution is -0.364. The van der Waals surface area contributed by atoms with Gasteiger partial charge < -0.3 is 28.4 Å². The largest absolute Gasteiger partial charge is 0.497 e. The molecule has 0 saturated carbocycles. The maximum absolute atomic E-state index is 14.0. The highest BCUT2D eigenvalue weighted by molar-refractivity contribution is 7.80. The van der Waals surface area contributed by atoms with Gasteiger partial charge in [0.25, 0.3) is 5.91 Å². The van der Waals surface area contributed by atoms with E-state index in [4.69, 9.17) is 40.6 Å². The number of thiocarbonyl (C=S) groups is 1. The Morgan fingerprint density at radius 2 is 1.49 bits per heavy atom. The molecule has 4 aliphatic rings. The summed E-state index contributed by atoms with van der Waals surface area (Å²) >= 11 is 6.08. The molecule has 5 atom stereocenters. The molecule has 4 heterocycles. The van der Waals surface area contributed by atoms with Crippen LogP contribution in [0.1, 0.15) is 27.0 Å². The minimum absolute atomic E-state index is 0.227. The van der Waals surface area contributed by atoms with Crippen molar-refractivity contribution in [1.29, 1.82) is 0 Å². The first-order valence-electron chi connectivity index (χ1n) is 11.8. The molecule has 0 amide bonds. The van der Waals surface area contributed by atoms with Crippen molar-refractivity contribution in [3.8, 4) is 5.75 Å². The van der Waals surface area contributed by atoms with E-state index in [1.807, 2.05) is 65.6 Å². The summed E-state index contributed by atoms with van der Waals surface area (Å²) in [6.45, 7) is 0. The van der Waals surface area contributed by atoms with Gasteiger partial charge in [-0.25, -0.2) is 0 Å². The molecule has 5 unspecified atom stereocenters. The Morgan fingerprint density at radius 1 is 0.811 bits per heavy atom. The number of ketones is 1. The fraction of sp³-hybridized carbons (Fsp3) is 0.286. The number of rotatable bonds is 4. The summed E-state index contributed by atoms with van der Waals surface area (Å²) in [7, 11) is 4.67. The lowest BCUT2D eigenvalue weighted by Gasteiger charge is -2.44. The maximum Gasteiger partial charge on any atom is 0.314 e. The van der Waals surface area contributed by atoms with Gasteiger partial charge in [-0.05, 0) is 24.3 Å². The van der Waals surface area contributed by atoms with Crippen LogP contribution in [-0.2, 0) is 41.2 Å². The van der Waals surface area contributed by atoms with Gasteiger partial charge >= 0.3 is 5.97 Å². The molecule has 3 aromatic carbocycles. The zero-order valence-electron chi connectivity index (χ0n) is 20.3. The molecule has 4 bridgehead atoms. The number of fused-ring (bicyclic) bond motifs is 11. The van der Waals surface area contributed by atoms with Gasteiger partial charge in [0, 0.05) is 36.6 Å². The first-order valence-corrected chi connectivity index (χ1v) is 12.2. The third kappa shape index (κ3) is 2.63. The number of benzene rings is 3. The van der Waals surface area contributed by atoms with Crippen molar-refractivity contribution in [3.05, 3.63) is 95.1 Å². The molecule has 0 aromatic heterocycles. The van der Waals surface area contributed by atoms with E-state index >= 15 is 0 Å². The van der Waals surface area contributed by atoms with Gasteiger partial charge in [-0.2, -0.15) is 0 Å². The van der Waals surface area contributed by atoms with Crippen LogP contribution in [0.4, 0.5) is 5.69 Å². The Morgan fingerprint density at radius 3 is 2.16 bits per heavy atom. The highest BCUT2D eigenvalue weighted by Gasteiger charge is 2.76. The zero-order chi connectivity index (χ0) is 25.6. The molecular weight excluding hydrogens is 494 g/mol. The van der Waals surface area contributed by atoms with Gasteiger partial charge in [0.15, 0.2) is 23.6 Å². The standard InChI is InChI=1S/C28H23NO7S/c1-31-17-14-12-16(13-15-17)29-25(37)24-26(20-10-6-7-11-21(20)27(29,32-2)34-24)23-22(30)18-8-4-5-9-19(18)28(33-3,35-23)36-26/h4-15,23-24H,1-3H3. The van der Waals surface area contributed by atoms with E-state index in [1.54, 1.807) is 26.4 Å². The molecule has 9 heteroatoms. The van der Waals surface area contributed by atoms with Crippen LogP contribution in [0.2, 0.25) is 0 Å². The quantitative estimate of drug-likeness (QED) is 0.478. The number of carbonyl (C=O) groups excluding carboxylic acids is 1. The molecule has 1 spiro atoms. The molecule has 0 N–H and O–H groups in total. The van der Waals surface area contributed by atoms with Crippen LogP contribution >= 0.6 is 12.2 Å². The van der Waals surface area contributed by atoms with E-state index in [2.05, 4.69) is 0 Å². The summed E-state index contributed by atoms with van der Waals surface area (Å²) in [5.74, 6) is -2.52. The van der Waals surface area contributed by atoms with Crippen LogP contribution < -0.4 is 9.64 Å². The van der Waals surface area contributed by atoms with Crippen LogP contribution in [0.25, 0.3) is 0 Å². The molecule has 4 aliphatic heterocycles. The van der Waals surface area contributed by atoms with Gasteiger partial charge in [-0.1, -0.05) is 60.7 Å². The summed E-state index contributed by atoms with van der Waals surface area (Å²) in [5, 5.41) is 0. The third-order valence-electron chi connectivity index (χ3n) is 7.70. The topological polar surface area (TPSA) is 75.7 Å². The number of hydrogen-bond donors (Lipinski definition) is 0. The van der Waals surface area contributed by atoms with Gasteiger partial charge in [0.2, 0.25) is 0 Å². The Kier molecular flexibility index (Phi) is 4.76. The predicted octanol–water partition coefficient (Wildman–Crippen LogP) is 3.96. The molecule has 0 radical (unpaired) electrons. The van der Waals surface area contributed by atoms with Crippen molar-refractivity contribution >= 4 is 28.7 Å². The molecule has 8 nitrogen and oxygen atoms in total. The number of methoxy groups -OCH3 is 3. The molecule has 37 heavy (non-hydrogen) atoms. The van der Waals surface area contributed by atoms with Crippen molar-refractivity contribution in [2.24, 2.45) is 0 Å². The van der Waals surface area contributed by atoms with E-state index in [-0.39, 0.29) is 5.78 Å². The van der Waals surface area contributed by atoms with E-state index in [0.717, 1.165) is 5.69 Å². The second-order valence-electron chi connectivity index (χ2n) is 9.26. The van der Waals surface area contributed by atoms with E-state index in [0.29, 0.717) is 33.0 Å². The zero-order valence-corrected chi connectivity index (χ0v) is 21.1. The van der Waals surface area contributed by atoms with Crippen molar-refractivity contribution in [3.63, 3.8) is 0 Å². The summed E-state index contributed by atoms with van der Waals surface area (Å²) in [5.41, 5.74) is 1.64. The second kappa shape index (κ2) is 7.67. The fourth-order valence-corrected chi connectivity index (χ4v) is 6.55. The summed E-state index contributed by atoms with van der Waals surface area (Å²) < 4.78 is 37.2. The van der Waals surface area contributed by atoms with Crippen molar-refractivity contribution in [2.45, 2.75) is 29.7 Å². The summed E-state index contributed by atoms with van der Waals surface area (Å²) in [6, 6.07) is 22.2. The van der Waals surface area contributed by atoms with E-state index in [9.17, 15) is 4.79 Å². The number of anilines is 1. The smallest absolute Gasteiger partial charge is 0.314 e. The minimum Gasteiger partial charge on any atom is -0.497 e. The highest BCUT2D eigenvalue weighted by Crippen LogP contribution is 2.63. The monoisotopic (exact) mass is 517 g/mol. The van der Waals surface area contributed by atoms with Crippen LogP contribution in [0.15, 0.2) is 72.8 Å². The van der Waals surface area contributed by atoms with Crippen molar-refractivity contribution < 1.29 is 33.2 Å². The Balaban J connectivity index is 1.48. The number of Topliss-reactive ketones (excluding diaryl/α,β-unsaturated/α-hetero) is 1. The van der Waals surface area contributed by atoms with Crippen LogP contribution in [-0.4, -0.2) is 44.3 Å². The summed E-state index contributed by atoms with van der Waals surface area (Å²) in [4.78, 5) is 16.2. The number of nitrogens with zero attached hydrogens (tertiary/aromatic N) is 1. The van der Waals surface area contributed by atoms with Gasteiger partial charge in [0.05, 0.1) is 12.7 Å². The molecule has 3 aromatic rings. The average molecular weight is 518 g/mol. The third-order valence-corrected chi connectivity index (χ3v) is 8.09. The van der Waals surface area contributed by atoms with Crippen LogP contribution in [0.3, 0.4) is 0 Å². The van der Waals surface area contributed by atoms with Crippen LogP contribution in [0.5, 0.6) is 5.75 Å². The molecule has 188 valence electrons. The molecule has 2 fully saturated rings. The normalized spacial score (nSPS) is 33.0. The molecule has 7 rings (SSSR count). The molecule has 0 aliphatic carbocycles. The van der Waals surface area contributed by atoms with E-state index < -0.39 is 29.7 Å². The first-order chi connectivity index (χ1) is 18.0. The van der Waals surface area contributed by atoms with Crippen molar-refractivity contribution in [1.82, 2.24) is 0 Å². The number of carbonyl (C=O) groups is 1. The molecular formula is C28H23NO7S.